The van der Waals surface area contributed by atoms with Crippen LogP contribution in [0.3, 0.4) is 0 Å². The van der Waals surface area contributed by atoms with Crippen molar-refractivity contribution in [2.75, 3.05) is 11.9 Å². The Balaban J connectivity index is 1.35. The number of piperidine rings is 1. The number of halogens is 2. The van der Waals surface area contributed by atoms with E-state index in [1.54, 1.807) is 35.2 Å². The van der Waals surface area contributed by atoms with Gasteiger partial charge in [0.1, 0.15) is 17.6 Å². The van der Waals surface area contributed by atoms with Crippen LogP contribution in [0.5, 0.6) is 5.75 Å². The SMILES string of the molecule is N#CCOc1ccc2c(c1)c(NC(=O)N1[C@@H]3C[C@@H]3C[C@H]1C(=O)CCc1cccc(Cl)c1F)cn2C(N)=O. The third-order valence-corrected chi connectivity index (χ3v) is 7.23. The van der Waals surface area contributed by atoms with Gasteiger partial charge in [0.15, 0.2) is 12.4 Å². The predicted octanol–water partition coefficient (Wildman–Crippen LogP) is 4.46. The monoisotopic (exact) mass is 523 g/mol. The molecule has 0 unspecified atom stereocenters. The molecule has 1 aliphatic heterocycles. The zero-order valence-corrected chi connectivity index (χ0v) is 20.4. The van der Waals surface area contributed by atoms with Gasteiger partial charge in [0.25, 0.3) is 0 Å². The molecule has 0 radical (unpaired) electrons. The number of hydrogen-bond donors (Lipinski definition) is 2. The second-order valence-corrected chi connectivity index (χ2v) is 9.62. The Bertz CT molecular complexity index is 1470. The van der Waals surface area contributed by atoms with E-state index in [2.05, 4.69) is 5.32 Å². The molecule has 3 atom stereocenters. The molecule has 2 heterocycles. The molecule has 2 aromatic carbocycles. The number of rotatable bonds is 7. The van der Waals surface area contributed by atoms with Crippen molar-refractivity contribution in [1.82, 2.24) is 9.47 Å². The average molecular weight is 524 g/mol. The van der Waals surface area contributed by atoms with Crippen LogP contribution < -0.4 is 15.8 Å². The molecule has 9 nitrogen and oxygen atoms in total. The number of benzene rings is 2. The quantitative estimate of drug-likeness (QED) is 0.472. The molecule has 1 saturated carbocycles. The van der Waals surface area contributed by atoms with Gasteiger partial charge in [-0.2, -0.15) is 5.26 Å². The van der Waals surface area contributed by atoms with Crippen LogP contribution in [0.15, 0.2) is 42.6 Å². The second-order valence-electron chi connectivity index (χ2n) is 9.21. The minimum absolute atomic E-state index is 0.00405. The number of ketones is 1. The van der Waals surface area contributed by atoms with E-state index in [-0.39, 0.29) is 42.2 Å². The van der Waals surface area contributed by atoms with Gasteiger partial charge in [-0.05, 0) is 55.0 Å². The highest BCUT2D eigenvalue weighted by Gasteiger charge is 2.55. The molecule has 0 spiro atoms. The number of nitrogens with two attached hydrogens (primary N) is 1. The van der Waals surface area contributed by atoms with Crippen LogP contribution in [-0.2, 0) is 11.2 Å². The molecule has 3 N–H and O–H groups in total. The zero-order chi connectivity index (χ0) is 26.3. The molecule has 3 amide bonds. The maximum Gasteiger partial charge on any atom is 0.323 e. The Morgan fingerprint density at radius 3 is 2.81 bits per heavy atom. The van der Waals surface area contributed by atoms with Crippen molar-refractivity contribution in [1.29, 1.82) is 5.26 Å². The average Bonchev–Trinajstić information content (AvgIpc) is 3.39. The number of nitrogens with one attached hydrogen (secondary N) is 1. The molecule has 37 heavy (non-hydrogen) atoms. The van der Waals surface area contributed by atoms with Crippen LogP contribution in [0.2, 0.25) is 5.02 Å². The summed E-state index contributed by atoms with van der Waals surface area (Å²) in [5.74, 6) is -0.0460. The summed E-state index contributed by atoms with van der Waals surface area (Å²) in [5, 5.41) is 12.1. The van der Waals surface area contributed by atoms with Gasteiger partial charge in [-0.25, -0.2) is 14.0 Å². The molecule has 0 bridgehead atoms. The van der Waals surface area contributed by atoms with Crippen molar-refractivity contribution in [3.63, 3.8) is 0 Å². The largest absolute Gasteiger partial charge is 0.479 e. The van der Waals surface area contributed by atoms with Gasteiger partial charge in [-0.1, -0.05) is 23.7 Å². The number of urea groups is 1. The Labute approximate surface area is 216 Å². The molecule has 11 heteroatoms. The number of hydrogen-bond acceptors (Lipinski definition) is 5. The summed E-state index contributed by atoms with van der Waals surface area (Å²) in [5.41, 5.74) is 6.63. The Hall–Kier alpha value is -4.10. The molecule has 2 fully saturated rings. The highest BCUT2D eigenvalue weighted by atomic mass is 35.5. The van der Waals surface area contributed by atoms with E-state index in [4.69, 9.17) is 27.3 Å². The van der Waals surface area contributed by atoms with Crippen molar-refractivity contribution in [3.05, 3.63) is 59.0 Å². The second kappa shape index (κ2) is 9.75. The van der Waals surface area contributed by atoms with Crippen molar-refractivity contribution >= 4 is 46.0 Å². The Morgan fingerprint density at radius 1 is 1.24 bits per heavy atom. The van der Waals surface area contributed by atoms with Gasteiger partial charge in [0, 0.05) is 24.0 Å². The van der Waals surface area contributed by atoms with E-state index >= 15 is 0 Å². The number of aryl methyl sites for hydroxylation is 1. The highest BCUT2D eigenvalue weighted by Crippen LogP contribution is 2.48. The first kappa shape index (κ1) is 24.6. The molecular formula is C26H23ClFN5O4. The van der Waals surface area contributed by atoms with Crippen LogP contribution in [-0.4, -0.2) is 46.0 Å². The van der Waals surface area contributed by atoms with E-state index in [0.717, 1.165) is 6.42 Å². The normalized spacial score (nSPS) is 19.8. The number of amides is 3. The minimum atomic E-state index is -0.735. The molecule has 5 rings (SSSR count). The first-order valence-corrected chi connectivity index (χ1v) is 12.2. The first-order valence-electron chi connectivity index (χ1n) is 11.8. The van der Waals surface area contributed by atoms with Crippen LogP contribution in [0.4, 0.5) is 19.7 Å². The summed E-state index contributed by atoms with van der Waals surface area (Å²) in [6, 6.07) is 9.50. The van der Waals surface area contributed by atoms with E-state index in [1.165, 1.54) is 16.8 Å². The van der Waals surface area contributed by atoms with Crippen molar-refractivity contribution in [2.45, 2.75) is 37.8 Å². The third kappa shape index (κ3) is 4.70. The lowest BCUT2D eigenvalue weighted by Crippen LogP contribution is -2.45. The first-order chi connectivity index (χ1) is 17.8. The number of nitriles is 1. The van der Waals surface area contributed by atoms with Crippen LogP contribution >= 0.6 is 11.6 Å². The van der Waals surface area contributed by atoms with Crippen molar-refractivity contribution in [2.24, 2.45) is 11.7 Å². The fourth-order valence-corrected chi connectivity index (χ4v) is 5.27. The number of ether oxygens (including phenoxy) is 1. The molecule has 1 saturated heterocycles. The number of primary amides is 1. The highest BCUT2D eigenvalue weighted by molar-refractivity contribution is 6.30. The van der Waals surface area contributed by atoms with E-state index in [1.807, 2.05) is 6.07 Å². The molecule has 190 valence electrons. The summed E-state index contributed by atoms with van der Waals surface area (Å²) in [6.45, 7) is -0.163. The van der Waals surface area contributed by atoms with Crippen molar-refractivity contribution in [3.8, 4) is 11.8 Å². The van der Waals surface area contributed by atoms with E-state index in [0.29, 0.717) is 34.3 Å². The topological polar surface area (TPSA) is 130 Å². The smallest absolute Gasteiger partial charge is 0.323 e. The fourth-order valence-electron chi connectivity index (χ4n) is 5.08. The summed E-state index contributed by atoms with van der Waals surface area (Å²) in [6.07, 6.45) is 3.05. The number of carbonyl (C=O) groups excluding carboxylic acids is 3. The van der Waals surface area contributed by atoms with Crippen molar-refractivity contribution < 1.29 is 23.5 Å². The lowest BCUT2D eigenvalue weighted by Gasteiger charge is -2.27. The summed E-state index contributed by atoms with van der Waals surface area (Å²) >= 11 is 5.85. The zero-order valence-electron chi connectivity index (χ0n) is 19.6. The van der Waals surface area contributed by atoms with Crippen LogP contribution in [0, 0.1) is 23.1 Å². The lowest BCUT2D eigenvalue weighted by atomic mass is 10.00. The number of Topliss-reactive ketones (excluding diaryl/α,β-unsaturated/α-hetero) is 1. The number of anilines is 1. The van der Waals surface area contributed by atoms with Crippen LogP contribution in [0.1, 0.15) is 24.8 Å². The molecular weight excluding hydrogens is 501 g/mol. The van der Waals surface area contributed by atoms with Crippen LogP contribution in [0.25, 0.3) is 10.9 Å². The fraction of sp³-hybridized carbons (Fsp3) is 0.308. The van der Waals surface area contributed by atoms with E-state index in [9.17, 15) is 18.8 Å². The maximum absolute atomic E-state index is 14.3. The molecule has 1 aromatic heterocycles. The van der Waals surface area contributed by atoms with E-state index < -0.39 is 23.9 Å². The number of likely N-dealkylation sites (tertiary alicyclic amines) is 1. The Morgan fingerprint density at radius 2 is 2.05 bits per heavy atom. The third-order valence-electron chi connectivity index (χ3n) is 6.94. The van der Waals surface area contributed by atoms with Gasteiger partial charge in [0.2, 0.25) is 0 Å². The molecule has 2 aliphatic rings. The number of fused-ring (bicyclic) bond motifs is 2. The number of aromatic nitrogens is 1. The number of nitrogens with zero attached hydrogens (tertiary/aromatic N) is 3. The summed E-state index contributed by atoms with van der Waals surface area (Å²) in [7, 11) is 0. The van der Waals surface area contributed by atoms with Gasteiger partial charge < -0.3 is 20.7 Å². The predicted molar refractivity (Wildman–Crippen MR) is 134 cm³/mol. The maximum atomic E-state index is 14.3. The molecule has 3 aromatic rings. The van der Waals surface area contributed by atoms with Gasteiger partial charge in [-0.3, -0.25) is 9.36 Å². The van der Waals surface area contributed by atoms with Gasteiger partial charge >= 0.3 is 12.1 Å². The molecule has 1 aliphatic carbocycles. The summed E-state index contributed by atoms with van der Waals surface area (Å²) in [4.78, 5) is 40.0. The standard InChI is InChI=1S/C26H23ClFN5O4/c27-18-3-1-2-14(24(18)28)4-7-23(34)22-11-15-10-21(15)33(22)26(36)31-19-13-32(25(30)35)20-6-5-16(12-17(19)20)37-9-8-29/h1-3,5-6,12-13,15,21-22H,4,7,9-11H2,(H2,30,35)(H,31,36)/t15-,21-,22+/m1/s1. The minimum Gasteiger partial charge on any atom is -0.479 e. The Kier molecular flexibility index (Phi) is 6.48. The van der Waals surface area contributed by atoms with Gasteiger partial charge in [-0.15, -0.1) is 0 Å². The summed E-state index contributed by atoms with van der Waals surface area (Å²) < 4.78 is 20.8. The number of carbonyl (C=O) groups is 3. The van der Waals surface area contributed by atoms with Gasteiger partial charge in [0.05, 0.1) is 22.3 Å². The lowest BCUT2D eigenvalue weighted by molar-refractivity contribution is -0.123.